The summed E-state index contributed by atoms with van der Waals surface area (Å²) >= 11 is 0. The molecule has 1 heterocycles. The molecular formula is C11H21N3O2. The molecule has 0 aliphatic carbocycles. The van der Waals surface area contributed by atoms with E-state index in [1.54, 1.807) is 11.9 Å². The van der Waals surface area contributed by atoms with Crippen LogP contribution in [-0.4, -0.2) is 49.4 Å². The van der Waals surface area contributed by atoms with Crippen LogP contribution in [0, 0.1) is 5.92 Å². The van der Waals surface area contributed by atoms with Gasteiger partial charge in [-0.2, -0.15) is 0 Å². The predicted molar refractivity (Wildman–Crippen MR) is 61.9 cm³/mol. The zero-order valence-corrected chi connectivity index (χ0v) is 10.2. The Balaban J connectivity index is 2.19. The van der Waals surface area contributed by atoms with Gasteiger partial charge in [-0.1, -0.05) is 13.8 Å². The molecule has 1 aliphatic heterocycles. The molecule has 0 spiro atoms. The molecule has 0 aromatic heterocycles. The van der Waals surface area contributed by atoms with Crippen LogP contribution >= 0.6 is 0 Å². The minimum atomic E-state index is -0.185. The summed E-state index contributed by atoms with van der Waals surface area (Å²) in [6.07, 6.45) is 0.785. The van der Waals surface area contributed by atoms with E-state index < -0.39 is 0 Å². The van der Waals surface area contributed by atoms with Crippen molar-refractivity contribution in [1.29, 1.82) is 0 Å². The first kappa shape index (κ1) is 13.0. The van der Waals surface area contributed by atoms with Crippen LogP contribution < -0.4 is 10.6 Å². The van der Waals surface area contributed by atoms with Crippen LogP contribution in [0.1, 0.15) is 20.3 Å². The number of carbonyl (C=O) groups is 2. The Hall–Kier alpha value is -1.10. The van der Waals surface area contributed by atoms with E-state index in [2.05, 4.69) is 10.6 Å². The van der Waals surface area contributed by atoms with Crippen molar-refractivity contribution in [3.8, 4) is 0 Å². The molecule has 1 atom stereocenters. The van der Waals surface area contributed by atoms with Crippen LogP contribution in [0.2, 0.25) is 0 Å². The van der Waals surface area contributed by atoms with E-state index in [9.17, 15) is 9.59 Å². The lowest BCUT2D eigenvalue weighted by Gasteiger charge is -2.12. The fourth-order valence-electron chi connectivity index (χ4n) is 1.61. The van der Waals surface area contributed by atoms with Crippen molar-refractivity contribution in [1.82, 2.24) is 15.5 Å². The van der Waals surface area contributed by atoms with Gasteiger partial charge in [0.25, 0.3) is 0 Å². The standard InChI is InChI=1S/C11H21N3O2/c1-8(2)6-13-10(15)7-12-9-4-5-14(3)11(9)16/h8-9,12H,4-7H2,1-3H3,(H,13,15). The zero-order valence-electron chi connectivity index (χ0n) is 10.2. The van der Waals surface area contributed by atoms with Gasteiger partial charge in [-0.3, -0.25) is 14.9 Å². The minimum absolute atomic E-state index is 0.0453. The molecule has 0 aromatic carbocycles. The number of nitrogens with one attached hydrogen (secondary N) is 2. The zero-order chi connectivity index (χ0) is 12.1. The number of likely N-dealkylation sites (N-methyl/N-ethyl adjacent to an activating group) is 1. The molecule has 2 N–H and O–H groups in total. The highest BCUT2D eigenvalue weighted by Gasteiger charge is 2.28. The quantitative estimate of drug-likeness (QED) is 0.670. The molecule has 1 rings (SSSR count). The van der Waals surface area contributed by atoms with Gasteiger partial charge < -0.3 is 10.2 Å². The Labute approximate surface area is 96.6 Å². The molecule has 1 unspecified atom stereocenters. The first-order valence-corrected chi connectivity index (χ1v) is 5.75. The molecule has 16 heavy (non-hydrogen) atoms. The SMILES string of the molecule is CC(C)CNC(=O)CNC1CCN(C)C1=O. The van der Waals surface area contributed by atoms with E-state index in [4.69, 9.17) is 0 Å². The second-order valence-electron chi connectivity index (χ2n) is 4.68. The number of likely N-dealkylation sites (tertiary alicyclic amines) is 1. The molecule has 5 nitrogen and oxygen atoms in total. The smallest absolute Gasteiger partial charge is 0.239 e. The maximum absolute atomic E-state index is 11.5. The Morgan fingerprint density at radius 2 is 2.25 bits per heavy atom. The Morgan fingerprint density at radius 3 is 2.75 bits per heavy atom. The molecule has 0 bridgehead atoms. The molecule has 0 radical (unpaired) electrons. The van der Waals surface area contributed by atoms with E-state index in [0.29, 0.717) is 12.5 Å². The monoisotopic (exact) mass is 227 g/mol. The third-order valence-corrected chi connectivity index (χ3v) is 2.64. The number of hydrogen-bond donors (Lipinski definition) is 2. The number of hydrogen-bond acceptors (Lipinski definition) is 3. The lowest BCUT2D eigenvalue weighted by molar-refractivity contribution is -0.128. The number of amides is 2. The average molecular weight is 227 g/mol. The van der Waals surface area contributed by atoms with Gasteiger partial charge >= 0.3 is 0 Å². The minimum Gasteiger partial charge on any atom is -0.355 e. The van der Waals surface area contributed by atoms with E-state index in [0.717, 1.165) is 13.0 Å². The molecule has 0 aromatic rings. The molecule has 1 saturated heterocycles. The third kappa shape index (κ3) is 3.81. The topological polar surface area (TPSA) is 61.4 Å². The van der Waals surface area contributed by atoms with Gasteiger partial charge in [-0.25, -0.2) is 0 Å². The number of nitrogens with zero attached hydrogens (tertiary/aromatic N) is 1. The summed E-state index contributed by atoms with van der Waals surface area (Å²) in [5, 5.41) is 5.79. The summed E-state index contributed by atoms with van der Waals surface area (Å²) in [6, 6.07) is -0.185. The second-order valence-corrected chi connectivity index (χ2v) is 4.68. The largest absolute Gasteiger partial charge is 0.355 e. The maximum Gasteiger partial charge on any atom is 0.239 e. The highest BCUT2D eigenvalue weighted by molar-refractivity contribution is 5.85. The fourth-order valence-corrected chi connectivity index (χ4v) is 1.61. The van der Waals surface area contributed by atoms with Gasteiger partial charge in [0.2, 0.25) is 11.8 Å². The van der Waals surface area contributed by atoms with Crippen LogP contribution in [0.4, 0.5) is 0 Å². The van der Waals surface area contributed by atoms with Crippen LogP contribution in [-0.2, 0) is 9.59 Å². The second kappa shape index (κ2) is 5.84. The van der Waals surface area contributed by atoms with Gasteiger partial charge in [0.1, 0.15) is 0 Å². The highest BCUT2D eigenvalue weighted by atomic mass is 16.2. The fraction of sp³-hybridized carbons (Fsp3) is 0.818. The summed E-state index contributed by atoms with van der Waals surface area (Å²) in [6.45, 7) is 5.76. The average Bonchev–Trinajstić information content (AvgIpc) is 2.54. The lowest BCUT2D eigenvalue weighted by atomic mass is 10.2. The molecular weight excluding hydrogens is 206 g/mol. The van der Waals surface area contributed by atoms with Gasteiger partial charge in [0.05, 0.1) is 12.6 Å². The van der Waals surface area contributed by atoms with E-state index in [-0.39, 0.29) is 24.4 Å². The van der Waals surface area contributed by atoms with Crippen LogP contribution in [0.3, 0.4) is 0 Å². The Bertz CT molecular complexity index is 266. The predicted octanol–water partition coefficient (Wildman–Crippen LogP) is -0.421. The van der Waals surface area contributed by atoms with Crippen molar-refractivity contribution < 1.29 is 9.59 Å². The summed E-state index contributed by atoms with van der Waals surface area (Å²) in [4.78, 5) is 24.6. The Kier molecular flexibility index (Phi) is 4.73. The van der Waals surface area contributed by atoms with Crippen molar-refractivity contribution >= 4 is 11.8 Å². The van der Waals surface area contributed by atoms with Crippen LogP contribution in [0.5, 0.6) is 0 Å². The van der Waals surface area contributed by atoms with Gasteiger partial charge in [0, 0.05) is 20.1 Å². The number of carbonyl (C=O) groups excluding carboxylic acids is 2. The first-order valence-electron chi connectivity index (χ1n) is 5.75. The Morgan fingerprint density at radius 1 is 1.56 bits per heavy atom. The van der Waals surface area contributed by atoms with Gasteiger partial charge in [0.15, 0.2) is 0 Å². The summed E-state index contributed by atoms with van der Waals surface area (Å²) < 4.78 is 0. The van der Waals surface area contributed by atoms with Crippen molar-refractivity contribution in [2.24, 2.45) is 5.92 Å². The number of rotatable bonds is 5. The normalized spacial score (nSPS) is 20.6. The van der Waals surface area contributed by atoms with E-state index in [1.807, 2.05) is 13.8 Å². The van der Waals surface area contributed by atoms with E-state index >= 15 is 0 Å². The first-order chi connectivity index (χ1) is 7.50. The van der Waals surface area contributed by atoms with Crippen molar-refractivity contribution in [3.63, 3.8) is 0 Å². The molecule has 5 heteroatoms. The summed E-state index contributed by atoms with van der Waals surface area (Å²) in [7, 11) is 1.78. The molecule has 1 fully saturated rings. The van der Waals surface area contributed by atoms with Crippen LogP contribution in [0.15, 0.2) is 0 Å². The highest BCUT2D eigenvalue weighted by Crippen LogP contribution is 2.07. The molecule has 92 valence electrons. The third-order valence-electron chi connectivity index (χ3n) is 2.64. The lowest BCUT2D eigenvalue weighted by Crippen LogP contribution is -2.43. The van der Waals surface area contributed by atoms with Crippen molar-refractivity contribution in [2.75, 3.05) is 26.7 Å². The maximum atomic E-state index is 11.5. The van der Waals surface area contributed by atoms with Crippen molar-refractivity contribution in [2.45, 2.75) is 26.3 Å². The summed E-state index contributed by atoms with van der Waals surface area (Å²) in [5.41, 5.74) is 0. The van der Waals surface area contributed by atoms with Crippen LogP contribution in [0.25, 0.3) is 0 Å². The summed E-state index contributed by atoms with van der Waals surface area (Å²) in [5.74, 6) is 0.482. The van der Waals surface area contributed by atoms with Crippen molar-refractivity contribution in [3.05, 3.63) is 0 Å². The molecule has 2 amide bonds. The molecule has 1 aliphatic rings. The van der Waals surface area contributed by atoms with E-state index in [1.165, 1.54) is 0 Å². The van der Waals surface area contributed by atoms with Gasteiger partial charge in [-0.15, -0.1) is 0 Å². The molecule has 0 saturated carbocycles. The van der Waals surface area contributed by atoms with Gasteiger partial charge in [-0.05, 0) is 12.3 Å².